The zero-order chi connectivity index (χ0) is 18.0. The molecule has 2 aromatic rings. The van der Waals surface area contributed by atoms with Crippen LogP contribution in [0, 0.1) is 0 Å². The maximum absolute atomic E-state index is 12.8. The van der Waals surface area contributed by atoms with Gasteiger partial charge in [0.25, 0.3) is 0 Å². The molecule has 8 heteroatoms. The molecule has 0 aliphatic carbocycles. The molecule has 0 bridgehead atoms. The fourth-order valence-corrected chi connectivity index (χ4v) is 5.20. The summed E-state index contributed by atoms with van der Waals surface area (Å²) < 4.78 is 39.3. The molecule has 0 unspecified atom stereocenters. The highest BCUT2D eigenvalue weighted by Crippen LogP contribution is 2.32. The van der Waals surface area contributed by atoms with Crippen LogP contribution in [0.1, 0.15) is 24.4 Å². The van der Waals surface area contributed by atoms with E-state index in [1.165, 1.54) is 11.6 Å². The Labute approximate surface area is 157 Å². The first-order valence-corrected chi connectivity index (χ1v) is 11.2. The average molecular weight is 395 g/mol. The van der Waals surface area contributed by atoms with Gasteiger partial charge in [0.1, 0.15) is 13.2 Å². The second-order valence-corrected chi connectivity index (χ2v) is 9.02. The van der Waals surface area contributed by atoms with Gasteiger partial charge >= 0.3 is 0 Å². The number of nitrogens with zero attached hydrogens (tertiary/aromatic N) is 1. The van der Waals surface area contributed by atoms with Crippen LogP contribution in [-0.4, -0.2) is 46.2 Å². The molecule has 2 aliphatic heterocycles. The Morgan fingerprint density at radius 3 is 2.62 bits per heavy atom. The summed E-state index contributed by atoms with van der Waals surface area (Å²) in [4.78, 5) is 2.56. The molecule has 4 rings (SSSR count). The van der Waals surface area contributed by atoms with E-state index >= 15 is 0 Å². The highest BCUT2D eigenvalue weighted by atomic mass is 32.2. The third-order valence-electron chi connectivity index (χ3n) is 4.80. The first-order valence-electron chi connectivity index (χ1n) is 8.79. The molecule has 1 aromatic heterocycles. The lowest BCUT2D eigenvalue weighted by Gasteiger charge is -2.27. The summed E-state index contributed by atoms with van der Waals surface area (Å²) in [6, 6.07) is 6.89. The molecule has 0 spiro atoms. The predicted molar refractivity (Wildman–Crippen MR) is 100 cm³/mol. The van der Waals surface area contributed by atoms with Crippen LogP contribution in [0.25, 0.3) is 0 Å². The van der Waals surface area contributed by atoms with E-state index in [0.29, 0.717) is 31.3 Å². The number of likely N-dealkylation sites (tertiary alicyclic amines) is 1. The van der Waals surface area contributed by atoms with Gasteiger partial charge in [-0.3, -0.25) is 4.90 Å². The molecule has 2 aliphatic rings. The van der Waals surface area contributed by atoms with Gasteiger partial charge in [-0.15, -0.1) is 0 Å². The molecular weight excluding hydrogens is 372 g/mol. The third-order valence-corrected chi connectivity index (χ3v) is 6.92. The maximum Gasteiger partial charge on any atom is 0.240 e. The summed E-state index contributed by atoms with van der Waals surface area (Å²) in [5.41, 5.74) is 1.17. The van der Waals surface area contributed by atoms with Gasteiger partial charge in [0, 0.05) is 18.7 Å². The number of hydrogen-bond donors (Lipinski definition) is 1. The molecule has 1 fully saturated rings. The lowest BCUT2D eigenvalue weighted by molar-refractivity contribution is 0.171. The minimum atomic E-state index is -3.62. The Morgan fingerprint density at radius 2 is 1.88 bits per heavy atom. The van der Waals surface area contributed by atoms with E-state index in [1.807, 2.05) is 5.38 Å². The number of benzene rings is 1. The Hall–Kier alpha value is -1.61. The number of thiophene rings is 1. The van der Waals surface area contributed by atoms with Gasteiger partial charge in [0.05, 0.1) is 4.90 Å². The Kier molecular flexibility index (Phi) is 5.17. The third kappa shape index (κ3) is 3.73. The van der Waals surface area contributed by atoms with Crippen LogP contribution in [0.15, 0.2) is 39.9 Å². The molecule has 0 radical (unpaired) electrons. The van der Waals surface area contributed by atoms with E-state index in [0.717, 1.165) is 25.9 Å². The van der Waals surface area contributed by atoms with E-state index in [9.17, 15) is 8.42 Å². The van der Waals surface area contributed by atoms with Crippen molar-refractivity contribution in [3.63, 3.8) is 0 Å². The van der Waals surface area contributed by atoms with Crippen molar-refractivity contribution >= 4 is 21.4 Å². The van der Waals surface area contributed by atoms with E-state index in [2.05, 4.69) is 21.1 Å². The summed E-state index contributed by atoms with van der Waals surface area (Å²) in [6.45, 7) is 3.28. The average Bonchev–Trinajstić information content (AvgIpc) is 3.36. The maximum atomic E-state index is 12.8. The van der Waals surface area contributed by atoms with Crippen molar-refractivity contribution in [3.05, 3.63) is 40.6 Å². The number of fused-ring (bicyclic) bond motifs is 1. The second-order valence-electron chi connectivity index (χ2n) is 6.47. The van der Waals surface area contributed by atoms with Gasteiger partial charge < -0.3 is 9.47 Å². The van der Waals surface area contributed by atoms with E-state index in [-0.39, 0.29) is 10.9 Å². The molecule has 1 N–H and O–H groups in total. The van der Waals surface area contributed by atoms with Crippen LogP contribution in [-0.2, 0) is 10.0 Å². The van der Waals surface area contributed by atoms with Gasteiger partial charge in [0.2, 0.25) is 10.0 Å². The number of sulfonamides is 1. The summed E-state index contributed by atoms with van der Waals surface area (Å²) in [5.74, 6) is 1.07. The SMILES string of the molecule is O=S(=O)(NC[C@H](c1ccsc1)N1CCCC1)c1ccc2c(c1)OCCO2. The molecule has 26 heavy (non-hydrogen) atoms. The smallest absolute Gasteiger partial charge is 0.240 e. The van der Waals surface area contributed by atoms with Crippen LogP contribution in [0.3, 0.4) is 0 Å². The molecule has 140 valence electrons. The normalized spacial score (nSPS) is 18.8. The second kappa shape index (κ2) is 7.56. The first kappa shape index (κ1) is 17.8. The first-order chi connectivity index (χ1) is 12.6. The summed E-state index contributed by atoms with van der Waals surface area (Å²) in [7, 11) is -3.62. The topological polar surface area (TPSA) is 67.9 Å². The van der Waals surface area contributed by atoms with Crippen molar-refractivity contribution in [2.24, 2.45) is 0 Å². The number of ether oxygens (including phenoxy) is 2. The van der Waals surface area contributed by atoms with Crippen molar-refractivity contribution in [2.45, 2.75) is 23.8 Å². The molecule has 1 saturated heterocycles. The van der Waals surface area contributed by atoms with E-state index in [1.54, 1.807) is 23.5 Å². The van der Waals surface area contributed by atoms with Gasteiger partial charge in [0.15, 0.2) is 11.5 Å². The molecular formula is C18H22N2O4S2. The fourth-order valence-electron chi connectivity index (χ4n) is 3.44. The van der Waals surface area contributed by atoms with Crippen molar-refractivity contribution in [2.75, 3.05) is 32.8 Å². The van der Waals surface area contributed by atoms with Gasteiger partial charge in [-0.1, -0.05) is 0 Å². The van der Waals surface area contributed by atoms with Crippen molar-refractivity contribution < 1.29 is 17.9 Å². The van der Waals surface area contributed by atoms with Crippen LogP contribution >= 0.6 is 11.3 Å². The molecule has 0 amide bonds. The summed E-state index contributed by atoms with van der Waals surface area (Å²) >= 11 is 1.64. The van der Waals surface area contributed by atoms with Crippen LogP contribution < -0.4 is 14.2 Å². The van der Waals surface area contributed by atoms with Crippen molar-refractivity contribution in [3.8, 4) is 11.5 Å². The zero-order valence-electron chi connectivity index (χ0n) is 14.4. The number of hydrogen-bond acceptors (Lipinski definition) is 6. The molecule has 6 nitrogen and oxygen atoms in total. The number of nitrogens with one attached hydrogen (secondary N) is 1. The number of rotatable bonds is 6. The van der Waals surface area contributed by atoms with E-state index < -0.39 is 10.0 Å². The van der Waals surface area contributed by atoms with E-state index in [4.69, 9.17) is 9.47 Å². The van der Waals surface area contributed by atoms with Crippen LogP contribution in [0.2, 0.25) is 0 Å². The molecule has 1 atom stereocenters. The molecule has 1 aromatic carbocycles. The van der Waals surface area contributed by atoms with Gasteiger partial charge in [-0.05, 0) is 60.5 Å². The Morgan fingerprint density at radius 1 is 1.12 bits per heavy atom. The highest BCUT2D eigenvalue weighted by molar-refractivity contribution is 7.89. The Bertz CT molecular complexity index is 846. The summed E-state index contributed by atoms with van der Waals surface area (Å²) in [5, 5.41) is 4.13. The molecule has 0 saturated carbocycles. The summed E-state index contributed by atoms with van der Waals surface area (Å²) in [6.07, 6.45) is 2.32. The predicted octanol–water partition coefficient (Wildman–Crippen LogP) is 2.63. The minimum Gasteiger partial charge on any atom is -0.486 e. The monoisotopic (exact) mass is 394 g/mol. The lowest BCUT2D eigenvalue weighted by Crippen LogP contribution is -2.36. The molecule has 3 heterocycles. The fraction of sp³-hybridized carbons (Fsp3) is 0.444. The van der Waals surface area contributed by atoms with Crippen molar-refractivity contribution in [1.29, 1.82) is 0 Å². The van der Waals surface area contributed by atoms with Crippen LogP contribution in [0.5, 0.6) is 11.5 Å². The standard InChI is InChI=1S/C18H22N2O4S2/c21-26(22,15-3-4-17-18(11-15)24-9-8-23-17)19-12-16(14-5-10-25-13-14)20-6-1-2-7-20/h3-5,10-11,13,16,19H,1-2,6-9,12H2/t16-/m1/s1. The van der Waals surface area contributed by atoms with Gasteiger partial charge in [-0.2, -0.15) is 11.3 Å². The quantitative estimate of drug-likeness (QED) is 0.816. The largest absolute Gasteiger partial charge is 0.486 e. The van der Waals surface area contributed by atoms with Crippen LogP contribution in [0.4, 0.5) is 0 Å². The van der Waals surface area contributed by atoms with Gasteiger partial charge in [-0.25, -0.2) is 13.1 Å². The lowest BCUT2D eigenvalue weighted by atomic mass is 10.1. The Balaban J connectivity index is 1.51. The minimum absolute atomic E-state index is 0.0655. The highest BCUT2D eigenvalue weighted by Gasteiger charge is 2.26. The van der Waals surface area contributed by atoms with Crippen molar-refractivity contribution in [1.82, 2.24) is 9.62 Å². The zero-order valence-corrected chi connectivity index (χ0v) is 16.0.